The van der Waals surface area contributed by atoms with Crippen molar-refractivity contribution in [1.82, 2.24) is 0 Å². The van der Waals surface area contributed by atoms with Crippen LogP contribution < -0.4 is 19.1 Å². The van der Waals surface area contributed by atoms with Gasteiger partial charge >= 0.3 is 0 Å². The maximum absolute atomic E-state index is 12.6. The molecule has 0 aromatic heterocycles. The van der Waals surface area contributed by atoms with Gasteiger partial charge < -0.3 is 14.8 Å². The molecule has 148 valence electrons. The molecule has 1 aliphatic rings. The highest BCUT2D eigenvalue weighted by Gasteiger charge is 2.42. The van der Waals surface area contributed by atoms with Gasteiger partial charge in [0.1, 0.15) is 0 Å². The van der Waals surface area contributed by atoms with Crippen LogP contribution >= 0.6 is 0 Å². The lowest BCUT2D eigenvalue weighted by Gasteiger charge is -2.16. The van der Waals surface area contributed by atoms with Gasteiger partial charge in [-0.05, 0) is 30.3 Å². The lowest BCUT2D eigenvalue weighted by molar-refractivity contribution is -0.119. The van der Waals surface area contributed by atoms with Crippen molar-refractivity contribution >= 4 is 33.2 Å². The molecule has 1 aliphatic heterocycles. The number of hydrogen-bond acceptors (Lipinski definition) is 6. The Bertz CT molecular complexity index is 1030. The molecule has 0 unspecified atom stereocenters. The molecule has 1 atom stereocenters. The van der Waals surface area contributed by atoms with Crippen LogP contribution in [0.25, 0.3) is 0 Å². The quantitative estimate of drug-likeness (QED) is 0.820. The number of rotatable bonds is 5. The fourth-order valence-electron chi connectivity index (χ4n) is 2.98. The zero-order valence-electron chi connectivity index (χ0n) is 15.6. The number of anilines is 2. The molecule has 3 rings (SSSR count). The summed E-state index contributed by atoms with van der Waals surface area (Å²) in [5.74, 6) is -0.836. The minimum atomic E-state index is -3.73. The van der Waals surface area contributed by atoms with E-state index in [1.807, 2.05) is 0 Å². The highest BCUT2D eigenvalue weighted by Crippen LogP contribution is 2.31. The first-order valence-electron chi connectivity index (χ1n) is 8.47. The number of amides is 2. The summed E-state index contributed by atoms with van der Waals surface area (Å²) < 4.78 is 35.7. The van der Waals surface area contributed by atoms with Crippen LogP contribution in [0.3, 0.4) is 0 Å². The van der Waals surface area contributed by atoms with Crippen LogP contribution in [0.2, 0.25) is 0 Å². The van der Waals surface area contributed by atoms with Gasteiger partial charge in [0.25, 0.3) is 5.91 Å². The van der Waals surface area contributed by atoms with Gasteiger partial charge in [0.05, 0.1) is 31.6 Å². The zero-order valence-corrected chi connectivity index (χ0v) is 16.4. The number of nitrogens with one attached hydrogen (secondary N) is 1. The van der Waals surface area contributed by atoms with Gasteiger partial charge in [0.2, 0.25) is 15.9 Å². The van der Waals surface area contributed by atoms with Crippen LogP contribution in [0.5, 0.6) is 11.5 Å². The molecule has 28 heavy (non-hydrogen) atoms. The smallest absolute Gasteiger partial charge is 0.255 e. The first kappa shape index (κ1) is 19.7. The summed E-state index contributed by atoms with van der Waals surface area (Å²) in [7, 11) is -0.737. The Kier molecular flexibility index (Phi) is 5.28. The Morgan fingerprint density at radius 3 is 2.43 bits per heavy atom. The molecule has 0 radical (unpaired) electrons. The minimum Gasteiger partial charge on any atom is -0.493 e. The fourth-order valence-corrected chi connectivity index (χ4v) is 4.79. The van der Waals surface area contributed by atoms with Crippen molar-refractivity contribution in [2.75, 3.05) is 29.6 Å². The van der Waals surface area contributed by atoms with Crippen molar-refractivity contribution in [3.8, 4) is 11.5 Å². The monoisotopic (exact) mass is 404 g/mol. The van der Waals surface area contributed by atoms with Gasteiger partial charge in [-0.1, -0.05) is 13.0 Å². The van der Waals surface area contributed by atoms with E-state index in [1.165, 1.54) is 38.5 Å². The summed E-state index contributed by atoms with van der Waals surface area (Å²) in [6, 6.07) is 10.8. The van der Waals surface area contributed by atoms with E-state index < -0.39 is 27.8 Å². The second-order valence-electron chi connectivity index (χ2n) is 6.36. The first-order valence-corrected chi connectivity index (χ1v) is 10.1. The molecule has 0 aliphatic carbocycles. The summed E-state index contributed by atoms with van der Waals surface area (Å²) >= 11 is 0. The average molecular weight is 404 g/mol. The predicted octanol–water partition coefficient (Wildman–Crippen LogP) is 2.27. The maximum Gasteiger partial charge on any atom is 0.255 e. The van der Waals surface area contributed by atoms with Crippen molar-refractivity contribution in [2.24, 2.45) is 5.92 Å². The third-order valence-electron chi connectivity index (χ3n) is 4.34. The van der Waals surface area contributed by atoms with Crippen molar-refractivity contribution in [2.45, 2.75) is 6.92 Å². The molecule has 0 bridgehead atoms. The second-order valence-corrected chi connectivity index (χ2v) is 8.22. The van der Waals surface area contributed by atoms with Crippen LogP contribution in [0.15, 0.2) is 42.5 Å². The number of ether oxygens (including phenoxy) is 2. The molecule has 1 fully saturated rings. The molecule has 9 heteroatoms. The number of carbonyl (C=O) groups is 2. The molecule has 8 nitrogen and oxygen atoms in total. The topological polar surface area (TPSA) is 102 Å². The summed E-state index contributed by atoms with van der Waals surface area (Å²) in [5.41, 5.74) is 0.843. The number of hydrogen-bond donors (Lipinski definition) is 1. The molecule has 1 saturated heterocycles. The minimum absolute atomic E-state index is 0.148. The molecular formula is C19H20N2O6S. The van der Waals surface area contributed by atoms with Crippen LogP contribution in [0.4, 0.5) is 11.4 Å². The van der Waals surface area contributed by atoms with Gasteiger partial charge in [-0.15, -0.1) is 0 Å². The molecule has 1 N–H and O–H groups in total. The number of nitrogens with zero attached hydrogens (tertiary/aromatic N) is 1. The first-order chi connectivity index (χ1) is 13.3. The van der Waals surface area contributed by atoms with Gasteiger partial charge in [-0.3, -0.25) is 9.59 Å². The van der Waals surface area contributed by atoms with Gasteiger partial charge in [0, 0.05) is 17.3 Å². The Morgan fingerprint density at radius 1 is 1.11 bits per heavy atom. The van der Waals surface area contributed by atoms with E-state index in [2.05, 4.69) is 5.32 Å². The standard InChI is InChI=1S/C19H20N2O6S/c1-12-11-28(24,25)21(19(12)23)15-6-4-5-13(9-15)18(22)20-14-7-8-16(26-2)17(10-14)27-3/h4-10,12H,11H2,1-3H3,(H,20,22)/t12-/m1/s1. The fraction of sp³-hybridized carbons (Fsp3) is 0.263. The van der Waals surface area contributed by atoms with E-state index in [0.717, 1.165) is 4.31 Å². The number of carbonyl (C=O) groups excluding carboxylic acids is 2. The normalized spacial score (nSPS) is 18.0. The van der Waals surface area contributed by atoms with Crippen molar-refractivity contribution in [3.05, 3.63) is 48.0 Å². The molecule has 0 saturated carbocycles. The molecule has 2 aromatic rings. The third kappa shape index (κ3) is 3.65. The van der Waals surface area contributed by atoms with Crippen LogP contribution in [-0.4, -0.2) is 40.2 Å². The lowest BCUT2D eigenvalue weighted by Crippen LogP contribution is -2.30. The molecule has 1 heterocycles. The van der Waals surface area contributed by atoms with Crippen molar-refractivity contribution in [3.63, 3.8) is 0 Å². The molecule has 2 aromatic carbocycles. The van der Waals surface area contributed by atoms with E-state index in [9.17, 15) is 18.0 Å². The van der Waals surface area contributed by atoms with E-state index in [4.69, 9.17) is 9.47 Å². The molecule has 2 amide bonds. The largest absolute Gasteiger partial charge is 0.493 e. The predicted molar refractivity (Wildman–Crippen MR) is 104 cm³/mol. The van der Waals surface area contributed by atoms with E-state index in [1.54, 1.807) is 25.1 Å². The Hall–Kier alpha value is -3.07. The number of sulfonamides is 1. The summed E-state index contributed by atoms with van der Waals surface area (Å²) in [6.45, 7) is 1.56. The van der Waals surface area contributed by atoms with Crippen LogP contribution in [0.1, 0.15) is 17.3 Å². The highest BCUT2D eigenvalue weighted by atomic mass is 32.2. The van der Waals surface area contributed by atoms with E-state index >= 15 is 0 Å². The highest BCUT2D eigenvalue weighted by molar-refractivity contribution is 7.94. The number of methoxy groups -OCH3 is 2. The van der Waals surface area contributed by atoms with Crippen molar-refractivity contribution in [1.29, 1.82) is 0 Å². The number of benzene rings is 2. The van der Waals surface area contributed by atoms with Crippen molar-refractivity contribution < 1.29 is 27.5 Å². The third-order valence-corrected chi connectivity index (χ3v) is 6.21. The Balaban J connectivity index is 1.86. The maximum atomic E-state index is 12.6. The van der Waals surface area contributed by atoms with Gasteiger partial charge in [-0.25, -0.2) is 12.7 Å². The summed E-state index contributed by atoms with van der Waals surface area (Å²) in [5, 5.41) is 2.72. The molecule has 0 spiro atoms. The average Bonchev–Trinajstić information content (AvgIpc) is 2.88. The second kappa shape index (κ2) is 7.51. The van der Waals surface area contributed by atoms with Crippen LogP contribution in [-0.2, 0) is 14.8 Å². The Morgan fingerprint density at radius 2 is 1.82 bits per heavy atom. The van der Waals surface area contributed by atoms with E-state index in [-0.39, 0.29) is 17.0 Å². The SMILES string of the molecule is COc1ccc(NC(=O)c2cccc(N3C(=O)[C@H](C)CS3(=O)=O)c2)cc1OC. The lowest BCUT2D eigenvalue weighted by atomic mass is 10.1. The molecular weight excluding hydrogens is 384 g/mol. The zero-order chi connectivity index (χ0) is 20.5. The Labute approximate surface area is 163 Å². The van der Waals surface area contributed by atoms with Gasteiger partial charge in [-0.2, -0.15) is 0 Å². The summed E-state index contributed by atoms with van der Waals surface area (Å²) in [4.78, 5) is 24.9. The van der Waals surface area contributed by atoms with E-state index in [0.29, 0.717) is 17.2 Å². The van der Waals surface area contributed by atoms with Gasteiger partial charge in [0.15, 0.2) is 11.5 Å². The summed E-state index contributed by atoms with van der Waals surface area (Å²) in [6.07, 6.45) is 0. The van der Waals surface area contributed by atoms with Crippen LogP contribution in [0, 0.1) is 5.92 Å².